The molecule has 45 heavy (non-hydrogen) atoms. The molecule has 0 saturated carbocycles. The molecular weight excluding hydrogens is 627 g/mol. The van der Waals surface area contributed by atoms with Crippen LogP contribution in [0.2, 0.25) is 0 Å². The first kappa shape index (κ1) is 33.8. The minimum absolute atomic E-state index is 0.00248. The molecule has 18 heteroatoms. The summed E-state index contributed by atoms with van der Waals surface area (Å²) in [7, 11) is 0. The highest BCUT2D eigenvalue weighted by Crippen LogP contribution is 2.46. The van der Waals surface area contributed by atoms with Gasteiger partial charge in [-0.15, -0.1) is 5.10 Å². The van der Waals surface area contributed by atoms with Crippen molar-refractivity contribution in [2.45, 2.75) is 70.4 Å². The average Bonchev–Trinajstić information content (AvgIpc) is 3.42. The number of aromatic nitrogens is 4. The van der Waals surface area contributed by atoms with E-state index >= 15 is 0 Å². The number of amides is 1. The number of ether oxygens (including phenoxy) is 1. The number of tetrazole rings is 1. The Morgan fingerprint density at radius 3 is 2.11 bits per heavy atom. The minimum atomic E-state index is -5.16. The van der Waals surface area contributed by atoms with Gasteiger partial charge in [0.05, 0.1) is 48.2 Å². The third-order valence-electron chi connectivity index (χ3n) is 7.15. The van der Waals surface area contributed by atoms with Crippen molar-refractivity contribution in [1.29, 1.82) is 0 Å². The fourth-order valence-corrected chi connectivity index (χ4v) is 5.15. The molecule has 9 nitrogen and oxygen atoms in total. The zero-order valence-corrected chi connectivity index (χ0v) is 23.7. The number of carbonyl (C=O) groups is 1. The molecule has 3 aromatic rings. The number of hydrogen-bond donors (Lipinski definition) is 1. The number of hydrogen-bond acceptors (Lipinski definition) is 7. The number of fused-ring (bicyclic) bond motifs is 1. The Labute approximate surface area is 250 Å². The van der Waals surface area contributed by atoms with Crippen LogP contribution in [-0.4, -0.2) is 50.7 Å². The zero-order valence-electron chi connectivity index (χ0n) is 23.7. The van der Waals surface area contributed by atoms with E-state index in [2.05, 4.69) is 15.4 Å². The molecule has 0 saturated heterocycles. The number of benzene rings is 2. The minimum Gasteiger partial charge on any atom is -0.449 e. The van der Waals surface area contributed by atoms with Crippen molar-refractivity contribution >= 4 is 17.7 Å². The second kappa shape index (κ2) is 12.7. The van der Waals surface area contributed by atoms with Crippen molar-refractivity contribution in [3.05, 3.63) is 64.2 Å². The topological polar surface area (TPSA) is 96.6 Å². The van der Waals surface area contributed by atoms with Gasteiger partial charge in [-0.25, -0.2) is 4.79 Å². The Hall–Kier alpha value is -4.09. The number of carbonyl (C=O) groups excluding carboxylic acids is 1. The van der Waals surface area contributed by atoms with E-state index in [1.54, 1.807) is 6.92 Å². The maximum atomic E-state index is 13.9. The van der Waals surface area contributed by atoms with E-state index in [0.717, 1.165) is 27.9 Å². The van der Waals surface area contributed by atoms with Crippen LogP contribution in [0.1, 0.15) is 60.5 Å². The van der Waals surface area contributed by atoms with Crippen molar-refractivity contribution in [3.8, 4) is 0 Å². The molecule has 246 valence electrons. The summed E-state index contributed by atoms with van der Waals surface area (Å²) in [5, 5.41) is 21.0. The van der Waals surface area contributed by atoms with Crippen LogP contribution in [0, 0.1) is 0 Å². The molecule has 0 fully saturated rings. The highest BCUT2D eigenvalue weighted by atomic mass is 19.4. The van der Waals surface area contributed by atoms with Crippen molar-refractivity contribution in [3.63, 3.8) is 0 Å². The first-order valence-corrected chi connectivity index (χ1v) is 13.6. The molecular formula is C27H27F9N6O3. The molecule has 1 aliphatic heterocycles. The molecule has 2 atom stereocenters. The third-order valence-corrected chi connectivity index (χ3v) is 7.15. The van der Waals surface area contributed by atoms with Crippen LogP contribution in [0.25, 0.3) is 0 Å². The maximum absolute atomic E-state index is 13.9. The van der Waals surface area contributed by atoms with Gasteiger partial charge in [0.2, 0.25) is 0 Å². The Kier molecular flexibility index (Phi) is 9.56. The third kappa shape index (κ3) is 7.42. The van der Waals surface area contributed by atoms with Crippen molar-refractivity contribution < 1.29 is 54.2 Å². The standard InChI is InChI=1S/C27H27F9N6O3/c1-3-19-13-22(20-12-16(25(28,29)30)5-6-21(20)42(19)24(44)45-4-2)40(23-37-39-41(38-23)7-8-43)14-15-9-17(26(31,32)33)11-18(10-15)27(34,35)36/h5-6,9-12,19,22,43H,3-4,7-8,13-14H2,1-2H3/t19-,22+/m1/s1. The van der Waals surface area contributed by atoms with Gasteiger partial charge in [0.25, 0.3) is 5.95 Å². The van der Waals surface area contributed by atoms with Gasteiger partial charge in [0.15, 0.2) is 0 Å². The summed E-state index contributed by atoms with van der Waals surface area (Å²) in [6, 6.07) is 1.61. The van der Waals surface area contributed by atoms with Crippen molar-refractivity contribution in [1.82, 2.24) is 20.2 Å². The second-order valence-corrected chi connectivity index (χ2v) is 10.1. The Balaban J connectivity index is 1.95. The predicted molar refractivity (Wildman–Crippen MR) is 140 cm³/mol. The number of rotatable bonds is 8. The summed E-state index contributed by atoms with van der Waals surface area (Å²) < 4.78 is 129. The van der Waals surface area contributed by atoms with Crippen LogP contribution < -0.4 is 9.80 Å². The fraction of sp³-hybridized carbons (Fsp3) is 0.481. The maximum Gasteiger partial charge on any atom is 0.416 e. The van der Waals surface area contributed by atoms with Gasteiger partial charge in [-0.05, 0) is 72.5 Å². The summed E-state index contributed by atoms with van der Waals surface area (Å²) in [4.78, 5) is 16.2. The molecule has 1 amide bonds. The van der Waals surface area contributed by atoms with Crippen LogP contribution in [0.4, 0.5) is 55.9 Å². The smallest absolute Gasteiger partial charge is 0.416 e. The van der Waals surface area contributed by atoms with E-state index in [1.165, 1.54) is 11.8 Å². The highest BCUT2D eigenvalue weighted by Gasteiger charge is 2.43. The van der Waals surface area contributed by atoms with Crippen LogP contribution >= 0.6 is 0 Å². The highest BCUT2D eigenvalue weighted by molar-refractivity contribution is 5.90. The van der Waals surface area contributed by atoms with E-state index in [9.17, 15) is 49.4 Å². The Morgan fingerprint density at radius 2 is 1.58 bits per heavy atom. The first-order chi connectivity index (χ1) is 21.0. The number of aliphatic hydroxyl groups is 1. The molecule has 0 spiro atoms. The SMILES string of the molecule is CCOC(=O)N1c2ccc(C(F)(F)F)cc2[C@@H](N(Cc2cc(C(F)(F)F)cc(C(F)(F)F)c2)c2nnn(CCO)n2)C[C@H]1CC. The largest absolute Gasteiger partial charge is 0.449 e. The van der Waals surface area contributed by atoms with Crippen LogP contribution in [-0.2, 0) is 36.4 Å². The molecule has 2 aromatic carbocycles. The first-order valence-electron chi connectivity index (χ1n) is 13.6. The molecule has 0 unspecified atom stereocenters. The van der Waals surface area contributed by atoms with E-state index in [1.807, 2.05) is 0 Å². The molecule has 0 aliphatic carbocycles. The van der Waals surface area contributed by atoms with Crippen molar-refractivity contribution in [2.24, 2.45) is 0 Å². The second-order valence-electron chi connectivity index (χ2n) is 10.1. The van der Waals surface area contributed by atoms with E-state index in [0.29, 0.717) is 12.1 Å². The quantitative estimate of drug-likeness (QED) is 0.273. The zero-order chi connectivity index (χ0) is 33.3. The molecule has 4 rings (SSSR count). The van der Waals surface area contributed by atoms with Gasteiger partial charge in [-0.2, -0.15) is 44.3 Å². The summed E-state index contributed by atoms with van der Waals surface area (Å²) >= 11 is 0. The molecule has 1 aromatic heterocycles. The summed E-state index contributed by atoms with van der Waals surface area (Å²) in [6.45, 7) is 1.81. The van der Waals surface area contributed by atoms with E-state index < -0.39 is 72.1 Å². The van der Waals surface area contributed by atoms with Crippen LogP contribution in [0.15, 0.2) is 36.4 Å². The average molecular weight is 655 g/mol. The van der Waals surface area contributed by atoms with Gasteiger partial charge in [-0.3, -0.25) is 4.90 Å². The van der Waals surface area contributed by atoms with Gasteiger partial charge in [0, 0.05) is 12.6 Å². The number of alkyl halides is 9. The summed E-state index contributed by atoms with van der Waals surface area (Å²) in [5.74, 6) is -0.345. The molecule has 1 N–H and O–H groups in total. The van der Waals surface area contributed by atoms with Gasteiger partial charge in [-0.1, -0.05) is 12.0 Å². The fourth-order valence-electron chi connectivity index (χ4n) is 5.15. The molecule has 1 aliphatic rings. The van der Waals surface area contributed by atoms with Gasteiger partial charge < -0.3 is 14.7 Å². The number of anilines is 2. The summed E-state index contributed by atoms with van der Waals surface area (Å²) in [6.07, 6.45) is -15.9. The van der Waals surface area contributed by atoms with Crippen molar-refractivity contribution in [2.75, 3.05) is 23.0 Å². The molecule has 0 radical (unpaired) electrons. The Bertz CT molecular complexity index is 1470. The number of halogens is 9. The van der Waals surface area contributed by atoms with Crippen LogP contribution in [0.5, 0.6) is 0 Å². The van der Waals surface area contributed by atoms with E-state index in [-0.39, 0.29) is 49.3 Å². The molecule has 0 bridgehead atoms. The lowest BCUT2D eigenvalue weighted by Crippen LogP contribution is -2.48. The number of aliphatic hydroxyl groups excluding tert-OH is 1. The summed E-state index contributed by atoms with van der Waals surface area (Å²) in [5.41, 5.74) is -4.91. The lowest BCUT2D eigenvalue weighted by Gasteiger charge is -2.43. The van der Waals surface area contributed by atoms with E-state index in [4.69, 9.17) is 4.74 Å². The van der Waals surface area contributed by atoms with Gasteiger partial charge in [0.1, 0.15) is 0 Å². The monoisotopic (exact) mass is 654 g/mol. The lowest BCUT2D eigenvalue weighted by atomic mass is 9.87. The van der Waals surface area contributed by atoms with Crippen LogP contribution in [0.3, 0.4) is 0 Å². The van der Waals surface area contributed by atoms with Gasteiger partial charge >= 0.3 is 24.6 Å². The number of nitrogens with zero attached hydrogens (tertiary/aromatic N) is 6. The normalized spacial score (nSPS) is 17.3. The predicted octanol–water partition coefficient (Wildman–Crippen LogP) is 6.61. The Morgan fingerprint density at radius 1 is 0.956 bits per heavy atom. The lowest BCUT2D eigenvalue weighted by molar-refractivity contribution is -0.143. The molecule has 2 heterocycles.